The molecule has 1 aliphatic heterocycles. The van der Waals surface area contributed by atoms with Crippen LogP contribution in [0.5, 0.6) is 11.5 Å². The lowest BCUT2D eigenvalue weighted by molar-refractivity contribution is 0.0951. The van der Waals surface area contributed by atoms with Gasteiger partial charge in [0.05, 0.1) is 19.8 Å². The smallest absolute Gasteiger partial charge is 0.271 e. The van der Waals surface area contributed by atoms with Crippen LogP contribution in [0.1, 0.15) is 22.6 Å². The topological polar surface area (TPSA) is 76.2 Å². The van der Waals surface area contributed by atoms with E-state index in [2.05, 4.69) is 15.3 Å². The number of nitrogens with one attached hydrogen (secondary N) is 2. The normalized spacial score (nSPS) is 14.1. The van der Waals surface area contributed by atoms with Gasteiger partial charge in [-0.05, 0) is 25.0 Å². The average Bonchev–Trinajstić information content (AvgIpc) is 2.87. The van der Waals surface area contributed by atoms with Gasteiger partial charge in [-0.3, -0.25) is 4.79 Å². The number of hydrogen-bond acceptors (Lipinski definition) is 4. The van der Waals surface area contributed by atoms with Gasteiger partial charge in [-0.1, -0.05) is 6.07 Å². The van der Waals surface area contributed by atoms with Crippen LogP contribution in [0.3, 0.4) is 0 Å². The maximum Gasteiger partial charge on any atom is 0.271 e. The standard InChI is InChI=1S/C15H17N3O3/c1-20-11-7-3-5-9(13(11)21-2)14-17-10-6-4-8-16-15(19)12(10)18-14/h3,5,7H,4,6,8H2,1-2H3,(H,16,19)(H,17,18). The van der Waals surface area contributed by atoms with E-state index >= 15 is 0 Å². The van der Waals surface area contributed by atoms with Crippen LogP contribution in [0, 0.1) is 0 Å². The number of hydrogen-bond donors (Lipinski definition) is 2. The second kappa shape index (κ2) is 5.47. The van der Waals surface area contributed by atoms with Crippen molar-refractivity contribution in [2.24, 2.45) is 0 Å². The molecule has 0 saturated heterocycles. The summed E-state index contributed by atoms with van der Waals surface area (Å²) < 4.78 is 10.7. The predicted octanol–water partition coefficient (Wildman–Crippen LogP) is 1.77. The molecule has 0 fully saturated rings. The van der Waals surface area contributed by atoms with Crippen molar-refractivity contribution in [1.82, 2.24) is 15.3 Å². The molecule has 0 unspecified atom stereocenters. The number of nitrogens with zero attached hydrogens (tertiary/aromatic N) is 1. The number of aromatic amines is 1. The molecule has 1 aromatic carbocycles. The molecular formula is C15H17N3O3. The fourth-order valence-electron chi connectivity index (χ4n) is 2.53. The number of H-pyrrole nitrogens is 1. The predicted molar refractivity (Wildman–Crippen MR) is 77.8 cm³/mol. The van der Waals surface area contributed by atoms with Crippen LogP contribution in [0.2, 0.25) is 0 Å². The van der Waals surface area contributed by atoms with E-state index in [-0.39, 0.29) is 5.91 Å². The molecule has 0 saturated carbocycles. The van der Waals surface area contributed by atoms with Gasteiger partial charge in [0.1, 0.15) is 11.5 Å². The van der Waals surface area contributed by atoms with Gasteiger partial charge >= 0.3 is 0 Å². The minimum absolute atomic E-state index is 0.133. The van der Waals surface area contributed by atoms with Gasteiger partial charge < -0.3 is 19.8 Å². The number of aryl methyl sites for hydroxylation is 1. The fourth-order valence-corrected chi connectivity index (χ4v) is 2.53. The average molecular weight is 287 g/mol. The van der Waals surface area contributed by atoms with Crippen molar-refractivity contribution in [2.45, 2.75) is 12.8 Å². The molecule has 2 aromatic rings. The number of benzene rings is 1. The Labute approximate surface area is 122 Å². The summed E-state index contributed by atoms with van der Waals surface area (Å²) in [5.74, 6) is 1.72. The minimum Gasteiger partial charge on any atom is -0.493 e. The highest BCUT2D eigenvalue weighted by atomic mass is 16.5. The van der Waals surface area contributed by atoms with Crippen molar-refractivity contribution in [3.05, 3.63) is 29.6 Å². The number of fused-ring (bicyclic) bond motifs is 1. The number of carbonyl (C=O) groups is 1. The number of imidazole rings is 1. The van der Waals surface area contributed by atoms with Gasteiger partial charge in [0.15, 0.2) is 11.5 Å². The Kier molecular flexibility index (Phi) is 3.51. The largest absolute Gasteiger partial charge is 0.493 e. The highest BCUT2D eigenvalue weighted by Gasteiger charge is 2.22. The molecule has 6 nitrogen and oxygen atoms in total. The van der Waals surface area contributed by atoms with Gasteiger partial charge in [-0.15, -0.1) is 0 Å². The van der Waals surface area contributed by atoms with E-state index in [9.17, 15) is 4.79 Å². The summed E-state index contributed by atoms with van der Waals surface area (Å²) in [6, 6.07) is 5.57. The van der Waals surface area contributed by atoms with E-state index in [1.807, 2.05) is 18.2 Å². The third-order valence-electron chi connectivity index (χ3n) is 3.54. The maximum atomic E-state index is 12.0. The molecule has 6 heteroatoms. The number of ether oxygens (including phenoxy) is 2. The quantitative estimate of drug-likeness (QED) is 0.902. The first-order valence-corrected chi connectivity index (χ1v) is 6.83. The van der Waals surface area contributed by atoms with Crippen LogP contribution < -0.4 is 14.8 Å². The Morgan fingerprint density at radius 1 is 1.24 bits per heavy atom. The monoisotopic (exact) mass is 287 g/mol. The van der Waals surface area contributed by atoms with Crippen molar-refractivity contribution in [1.29, 1.82) is 0 Å². The van der Waals surface area contributed by atoms with E-state index in [0.29, 0.717) is 29.6 Å². The molecule has 1 aromatic heterocycles. The van der Waals surface area contributed by atoms with Gasteiger partial charge in [-0.25, -0.2) is 4.98 Å². The Bertz CT molecular complexity index is 679. The van der Waals surface area contributed by atoms with Crippen LogP contribution in [0.4, 0.5) is 0 Å². The van der Waals surface area contributed by atoms with Crippen molar-refractivity contribution in [3.8, 4) is 22.9 Å². The zero-order valence-corrected chi connectivity index (χ0v) is 12.0. The Balaban J connectivity index is 2.10. The first kappa shape index (κ1) is 13.5. The zero-order valence-electron chi connectivity index (χ0n) is 12.0. The number of para-hydroxylation sites is 1. The lowest BCUT2D eigenvalue weighted by atomic mass is 10.1. The molecule has 3 rings (SSSR count). The number of methoxy groups -OCH3 is 2. The highest BCUT2D eigenvalue weighted by Crippen LogP contribution is 2.37. The third kappa shape index (κ3) is 2.33. The van der Waals surface area contributed by atoms with Crippen molar-refractivity contribution in [2.75, 3.05) is 20.8 Å². The summed E-state index contributed by atoms with van der Waals surface area (Å²) in [5, 5.41) is 2.84. The highest BCUT2D eigenvalue weighted by molar-refractivity contribution is 5.94. The van der Waals surface area contributed by atoms with E-state index < -0.39 is 0 Å². The molecule has 0 atom stereocenters. The fraction of sp³-hybridized carbons (Fsp3) is 0.333. The zero-order chi connectivity index (χ0) is 14.8. The molecule has 21 heavy (non-hydrogen) atoms. The maximum absolute atomic E-state index is 12.0. The Morgan fingerprint density at radius 3 is 2.86 bits per heavy atom. The number of carbonyl (C=O) groups excluding carboxylic acids is 1. The van der Waals surface area contributed by atoms with Crippen molar-refractivity contribution in [3.63, 3.8) is 0 Å². The summed E-state index contributed by atoms with van der Waals surface area (Å²) in [5.41, 5.74) is 2.11. The molecule has 0 bridgehead atoms. The van der Waals surface area contributed by atoms with Crippen LogP contribution >= 0.6 is 0 Å². The SMILES string of the molecule is COc1cccc(-c2nc3c([nH]2)CCCNC3=O)c1OC. The van der Waals surface area contributed by atoms with E-state index in [1.54, 1.807) is 14.2 Å². The van der Waals surface area contributed by atoms with Crippen LogP contribution in [-0.4, -0.2) is 36.6 Å². The van der Waals surface area contributed by atoms with Crippen molar-refractivity contribution < 1.29 is 14.3 Å². The number of aromatic nitrogens is 2. The van der Waals surface area contributed by atoms with E-state index in [1.165, 1.54) is 0 Å². The summed E-state index contributed by atoms with van der Waals surface area (Å²) in [4.78, 5) is 19.7. The lowest BCUT2D eigenvalue weighted by Gasteiger charge is -2.10. The summed E-state index contributed by atoms with van der Waals surface area (Å²) in [6.07, 6.45) is 1.70. The van der Waals surface area contributed by atoms with Gasteiger partial charge in [0.2, 0.25) is 0 Å². The van der Waals surface area contributed by atoms with Gasteiger partial charge in [-0.2, -0.15) is 0 Å². The van der Waals surface area contributed by atoms with Gasteiger partial charge in [0, 0.05) is 12.2 Å². The van der Waals surface area contributed by atoms with E-state index in [0.717, 1.165) is 24.1 Å². The summed E-state index contributed by atoms with van der Waals surface area (Å²) in [6.45, 7) is 0.681. The molecule has 1 aliphatic rings. The molecule has 2 heterocycles. The summed E-state index contributed by atoms with van der Waals surface area (Å²) in [7, 11) is 3.17. The first-order chi connectivity index (χ1) is 10.2. The number of amides is 1. The second-order valence-corrected chi connectivity index (χ2v) is 4.81. The number of rotatable bonds is 3. The van der Waals surface area contributed by atoms with Gasteiger partial charge in [0.25, 0.3) is 5.91 Å². The van der Waals surface area contributed by atoms with Crippen LogP contribution in [-0.2, 0) is 6.42 Å². The Hall–Kier alpha value is -2.50. The first-order valence-electron chi connectivity index (χ1n) is 6.83. The molecule has 110 valence electrons. The van der Waals surface area contributed by atoms with E-state index in [4.69, 9.17) is 9.47 Å². The Morgan fingerprint density at radius 2 is 2.10 bits per heavy atom. The molecule has 0 radical (unpaired) electrons. The molecule has 2 N–H and O–H groups in total. The third-order valence-corrected chi connectivity index (χ3v) is 3.54. The molecule has 0 aliphatic carbocycles. The van der Waals surface area contributed by atoms with Crippen LogP contribution in [0.25, 0.3) is 11.4 Å². The molecule has 0 spiro atoms. The summed E-state index contributed by atoms with van der Waals surface area (Å²) >= 11 is 0. The van der Waals surface area contributed by atoms with Crippen molar-refractivity contribution >= 4 is 5.91 Å². The molecular weight excluding hydrogens is 270 g/mol. The lowest BCUT2D eigenvalue weighted by Crippen LogP contribution is -2.23. The second-order valence-electron chi connectivity index (χ2n) is 4.81. The minimum atomic E-state index is -0.133. The van der Waals surface area contributed by atoms with Crippen LogP contribution in [0.15, 0.2) is 18.2 Å². The molecule has 1 amide bonds.